The van der Waals surface area contributed by atoms with Gasteiger partial charge in [0.05, 0.1) is 18.4 Å². The lowest BCUT2D eigenvalue weighted by Gasteiger charge is -2.34. The minimum Gasteiger partial charge on any atom is -0.376 e. The highest BCUT2D eigenvalue weighted by molar-refractivity contribution is 7.99. The molecule has 31 heavy (non-hydrogen) atoms. The van der Waals surface area contributed by atoms with Gasteiger partial charge >= 0.3 is 0 Å². The van der Waals surface area contributed by atoms with E-state index in [-0.39, 0.29) is 48.8 Å². The van der Waals surface area contributed by atoms with Crippen LogP contribution in [0.25, 0.3) is 0 Å². The first-order chi connectivity index (χ1) is 14.9. The lowest BCUT2D eigenvalue weighted by Crippen LogP contribution is -2.51. The lowest BCUT2D eigenvalue weighted by molar-refractivity contribution is -0.129. The molecule has 2 aromatic rings. The molecular formula is C18H23FN6O4S2. The molecule has 13 heteroatoms. The average Bonchev–Trinajstić information content (AvgIpc) is 3.45. The molecule has 168 valence electrons. The molecule has 0 saturated carbocycles. The van der Waals surface area contributed by atoms with E-state index >= 15 is 0 Å². The van der Waals surface area contributed by atoms with E-state index in [1.807, 2.05) is 0 Å². The highest BCUT2D eigenvalue weighted by Gasteiger charge is 2.32. The third-order valence-electron chi connectivity index (χ3n) is 5.27. The number of nitrogens with zero attached hydrogens (tertiary/aromatic N) is 6. The van der Waals surface area contributed by atoms with Gasteiger partial charge in [-0.1, -0.05) is 23.9 Å². The first-order valence-corrected chi connectivity index (χ1v) is 12.4. The zero-order valence-electron chi connectivity index (χ0n) is 16.8. The molecule has 0 aliphatic carbocycles. The van der Waals surface area contributed by atoms with Crippen molar-refractivity contribution in [1.29, 1.82) is 0 Å². The number of hydrogen-bond donors (Lipinski definition) is 0. The molecule has 10 nitrogen and oxygen atoms in total. The Hall–Kier alpha value is -2.09. The standard InChI is InChI=1S/C18H23FN6O4S2/c19-15-5-1-2-6-16(15)31(27,28)24-9-7-23(8-10-24)17(26)13-30-18-20-21-22-25(18)12-14-4-3-11-29-14/h1-2,5-6,14H,3-4,7-13H2. The van der Waals surface area contributed by atoms with Gasteiger partial charge in [0, 0.05) is 32.8 Å². The third kappa shape index (κ3) is 5.05. The molecule has 2 fully saturated rings. The van der Waals surface area contributed by atoms with E-state index in [0.717, 1.165) is 25.5 Å². The number of tetrazole rings is 1. The van der Waals surface area contributed by atoms with Crippen molar-refractivity contribution in [3.8, 4) is 0 Å². The lowest BCUT2D eigenvalue weighted by atomic mass is 10.2. The fourth-order valence-electron chi connectivity index (χ4n) is 3.58. The van der Waals surface area contributed by atoms with E-state index < -0.39 is 15.8 Å². The summed E-state index contributed by atoms with van der Waals surface area (Å²) >= 11 is 1.24. The van der Waals surface area contributed by atoms with Gasteiger partial charge in [-0.15, -0.1) is 5.10 Å². The number of carbonyl (C=O) groups excluding carboxylic acids is 1. The van der Waals surface area contributed by atoms with Crippen molar-refractivity contribution in [3.05, 3.63) is 30.1 Å². The summed E-state index contributed by atoms with van der Waals surface area (Å²) in [4.78, 5) is 13.9. The van der Waals surface area contributed by atoms with Gasteiger partial charge in [-0.2, -0.15) is 4.31 Å². The Balaban J connectivity index is 1.29. The van der Waals surface area contributed by atoms with Crippen LogP contribution in [0.3, 0.4) is 0 Å². The number of hydrogen-bond acceptors (Lipinski definition) is 8. The van der Waals surface area contributed by atoms with Gasteiger partial charge in [-0.25, -0.2) is 17.5 Å². The summed E-state index contributed by atoms with van der Waals surface area (Å²) in [5.41, 5.74) is 0. The van der Waals surface area contributed by atoms with E-state index in [4.69, 9.17) is 4.74 Å². The largest absolute Gasteiger partial charge is 0.376 e. The van der Waals surface area contributed by atoms with Crippen LogP contribution in [0.1, 0.15) is 12.8 Å². The molecule has 2 aliphatic rings. The van der Waals surface area contributed by atoms with Crippen molar-refractivity contribution in [1.82, 2.24) is 29.4 Å². The quantitative estimate of drug-likeness (QED) is 0.542. The minimum absolute atomic E-state index is 0.0861. The fraction of sp³-hybridized carbons (Fsp3) is 0.556. The van der Waals surface area contributed by atoms with Crippen LogP contribution in [0.15, 0.2) is 34.3 Å². The molecule has 1 atom stereocenters. The predicted molar refractivity (Wildman–Crippen MR) is 109 cm³/mol. The molecule has 1 amide bonds. The number of piperazine rings is 1. The normalized spacial score (nSPS) is 20.3. The van der Waals surface area contributed by atoms with Crippen molar-refractivity contribution < 1.29 is 22.3 Å². The predicted octanol–water partition coefficient (Wildman–Crippen LogP) is 0.616. The van der Waals surface area contributed by atoms with Crippen LogP contribution in [0.4, 0.5) is 4.39 Å². The molecule has 0 bridgehead atoms. The molecule has 2 aliphatic heterocycles. The second kappa shape index (κ2) is 9.59. The number of amides is 1. The zero-order chi connectivity index (χ0) is 21.8. The Morgan fingerprint density at radius 3 is 2.71 bits per heavy atom. The number of ether oxygens (including phenoxy) is 1. The van der Waals surface area contributed by atoms with Gasteiger partial charge < -0.3 is 9.64 Å². The topological polar surface area (TPSA) is 111 Å². The van der Waals surface area contributed by atoms with E-state index in [1.54, 1.807) is 9.58 Å². The van der Waals surface area contributed by atoms with E-state index in [1.165, 1.54) is 34.3 Å². The molecule has 2 saturated heterocycles. The number of sulfonamides is 1. The Kier molecular flexibility index (Phi) is 6.84. The van der Waals surface area contributed by atoms with Gasteiger partial charge in [0.1, 0.15) is 10.7 Å². The summed E-state index contributed by atoms with van der Waals surface area (Å²) in [5.74, 6) is -0.760. The summed E-state index contributed by atoms with van der Waals surface area (Å²) in [7, 11) is -3.93. The SMILES string of the molecule is O=C(CSc1nnnn1CC1CCCO1)N1CCN(S(=O)(=O)c2ccccc2F)CC1. The van der Waals surface area contributed by atoms with Crippen LogP contribution in [-0.2, 0) is 26.1 Å². The van der Waals surface area contributed by atoms with Crippen LogP contribution >= 0.6 is 11.8 Å². The summed E-state index contributed by atoms with van der Waals surface area (Å²) in [6.07, 6.45) is 2.07. The smallest absolute Gasteiger partial charge is 0.246 e. The first-order valence-electron chi connectivity index (χ1n) is 9.98. The summed E-state index contributed by atoms with van der Waals surface area (Å²) in [6.45, 7) is 2.01. The Bertz CT molecular complexity index is 1020. The monoisotopic (exact) mass is 470 g/mol. The van der Waals surface area contributed by atoms with E-state index in [2.05, 4.69) is 15.5 Å². The molecule has 1 aromatic carbocycles. The highest BCUT2D eigenvalue weighted by Crippen LogP contribution is 2.22. The number of carbonyl (C=O) groups is 1. The molecule has 0 spiro atoms. The maximum Gasteiger partial charge on any atom is 0.246 e. The van der Waals surface area contributed by atoms with Gasteiger partial charge in [-0.3, -0.25) is 4.79 Å². The van der Waals surface area contributed by atoms with Gasteiger partial charge in [0.2, 0.25) is 21.1 Å². The van der Waals surface area contributed by atoms with E-state index in [9.17, 15) is 17.6 Å². The minimum atomic E-state index is -3.93. The van der Waals surface area contributed by atoms with E-state index in [0.29, 0.717) is 11.7 Å². The number of benzene rings is 1. The fourth-order valence-corrected chi connectivity index (χ4v) is 5.86. The Morgan fingerprint density at radius 2 is 2.00 bits per heavy atom. The van der Waals surface area contributed by atoms with Gasteiger partial charge in [0.25, 0.3) is 0 Å². The van der Waals surface area contributed by atoms with Crippen molar-refractivity contribution in [2.45, 2.75) is 35.5 Å². The first kappa shape index (κ1) is 22.1. The molecule has 0 N–H and O–H groups in total. The maximum atomic E-state index is 13.9. The van der Waals surface area contributed by atoms with Crippen LogP contribution in [0, 0.1) is 5.82 Å². The van der Waals surface area contributed by atoms with Crippen LogP contribution < -0.4 is 0 Å². The Morgan fingerprint density at radius 1 is 1.23 bits per heavy atom. The van der Waals surface area contributed by atoms with Crippen molar-refractivity contribution in [2.75, 3.05) is 38.5 Å². The van der Waals surface area contributed by atoms with Crippen LogP contribution in [0.5, 0.6) is 0 Å². The molecule has 1 unspecified atom stereocenters. The summed E-state index contributed by atoms with van der Waals surface area (Å²) < 4.78 is 47.8. The zero-order valence-corrected chi connectivity index (χ0v) is 18.4. The number of thioether (sulfide) groups is 1. The van der Waals surface area contributed by atoms with Crippen molar-refractivity contribution >= 4 is 27.7 Å². The molecule has 0 radical (unpaired) electrons. The summed E-state index contributed by atoms with van der Waals surface area (Å²) in [5, 5.41) is 12.2. The average molecular weight is 471 g/mol. The van der Waals surface area contributed by atoms with Crippen LogP contribution in [0.2, 0.25) is 0 Å². The van der Waals surface area contributed by atoms with Gasteiger partial charge in [-0.05, 0) is 35.4 Å². The number of halogens is 1. The second-order valence-corrected chi connectivity index (χ2v) is 10.1. The number of rotatable bonds is 7. The maximum absolute atomic E-state index is 13.9. The molecule has 1 aromatic heterocycles. The van der Waals surface area contributed by atoms with Crippen LogP contribution in [-0.4, -0.2) is 88.4 Å². The molecule has 3 heterocycles. The summed E-state index contributed by atoms with van der Waals surface area (Å²) in [6, 6.07) is 5.30. The highest BCUT2D eigenvalue weighted by atomic mass is 32.2. The second-order valence-electron chi connectivity index (χ2n) is 7.28. The Labute approximate surface area is 183 Å². The number of aromatic nitrogens is 4. The van der Waals surface area contributed by atoms with Crippen molar-refractivity contribution in [2.24, 2.45) is 0 Å². The van der Waals surface area contributed by atoms with Crippen molar-refractivity contribution in [3.63, 3.8) is 0 Å². The van der Waals surface area contributed by atoms with Gasteiger partial charge in [0.15, 0.2) is 0 Å². The molecular weight excluding hydrogens is 447 g/mol. The third-order valence-corrected chi connectivity index (χ3v) is 8.14. The molecule has 4 rings (SSSR count).